The van der Waals surface area contributed by atoms with Crippen molar-refractivity contribution < 1.29 is 0 Å². The summed E-state index contributed by atoms with van der Waals surface area (Å²) in [7, 11) is 0. The number of fused-ring (bicyclic) bond motifs is 1. The van der Waals surface area contributed by atoms with Gasteiger partial charge >= 0.3 is 0 Å². The van der Waals surface area contributed by atoms with Gasteiger partial charge in [0.15, 0.2) is 0 Å². The van der Waals surface area contributed by atoms with E-state index < -0.39 is 0 Å². The number of hydrogen-bond acceptors (Lipinski definition) is 2. The summed E-state index contributed by atoms with van der Waals surface area (Å²) in [6.07, 6.45) is 3.63. The van der Waals surface area contributed by atoms with Crippen LogP contribution < -0.4 is 5.32 Å². The summed E-state index contributed by atoms with van der Waals surface area (Å²) in [5, 5.41) is 4.51. The maximum atomic E-state index is 6.11. The van der Waals surface area contributed by atoms with Gasteiger partial charge in [0.2, 0.25) is 0 Å². The van der Waals surface area contributed by atoms with Gasteiger partial charge in [-0.1, -0.05) is 47.5 Å². The van der Waals surface area contributed by atoms with Crippen LogP contribution in [0, 0.1) is 0 Å². The lowest BCUT2D eigenvalue weighted by Crippen LogP contribution is -2.20. The lowest BCUT2D eigenvalue weighted by atomic mass is 10.1. The zero-order valence-electron chi connectivity index (χ0n) is 9.66. The molecule has 4 heteroatoms. The monoisotopic (exact) mass is 278 g/mol. The molecule has 2 nitrogen and oxygen atoms in total. The maximum Gasteiger partial charge on any atom is 0.145 e. The van der Waals surface area contributed by atoms with Crippen LogP contribution in [0.3, 0.4) is 0 Å². The maximum absolute atomic E-state index is 6.11. The Morgan fingerprint density at radius 1 is 1.11 bits per heavy atom. The second kappa shape index (κ2) is 4.79. The Kier molecular flexibility index (Phi) is 3.14. The lowest BCUT2D eigenvalue weighted by molar-refractivity contribution is 0.769. The molecule has 0 saturated heterocycles. The van der Waals surface area contributed by atoms with E-state index in [-0.39, 0.29) is 0 Å². The van der Waals surface area contributed by atoms with Gasteiger partial charge in [-0.15, -0.1) is 0 Å². The SMILES string of the molecule is Clc1cnc(NC2Cc3ccccc3C2)c(Cl)c1. The van der Waals surface area contributed by atoms with E-state index in [0.717, 1.165) is 12.8 Å². The first-order valence-electron chi connectivity index (χ1n) is 5.87. The summed E-state index contributed by atoms with van der Waals surface area (Å²) < 4.78 is 0. The molecule has 0 aliphatic heterocycles. The van der Waals surface area contributed by atoms with Crippen LogP contribution in [0.15, 0.2) is 36.5 Å². The number of halogens is 2. The molecule has 92 valence electrons. The van der Waals surface area contributed by atoms with Crippen molar-refractivity contribution in [2.45, 2.75) is 18.9 Å². The van der Waals surface area contributed by atoms with Crippen LogP contribution in [-0.4, -0.2) is 11.0 Å². The number of aromatic nitrogens is 1. The van der Waals surface area contributed by atoms with Crippen LogP contribution in [0.25, 0.3) is 0 Å². The number of hydrogen-bond donors (Lipinski definition) is 1. The number of anilines is 1. The molecule has 1 N–H and O–H groups in total. The molecule has 3 rings (SSSR count). The highest BCUT2D eigenvalue weighted by Gasteiger charge is 2.21. The van der Waals surface area contributed by atoms with Crippen molar-refractivity contribution in [3.05, 3.63) is 57.7 Å². The number of rotatable bonds is 2. The normalized spacial score (nSPS) is 14.6. The molecule has 0 amide bonds. The fraction of sp³-hybridized carbons (Fsp3) is 0.214. The number of nitrogens with one attached hydrogen (secondary N) is 1. The summed E-state index contributed by atoms with van der Waals surface area (Å²) >= 11 is 11.9. The van der Waals surface area contributed by atoms with E-state index in [2.05, 4.69) is 34.6 Å². The van der Waals surface area contributed by atoms with E-state index in [9.17, 15) is 0 Å². The Bertz CT molecular complexity index is 559. The molecule has 0 unspecified atom stereocenters. The van der Waals surface area contributed by atoms with Crippen LogP contribution in [0.5, 0.6) is 0 Å². The van der Waals surface area contributed by atoms with Gasteiger partial charge in [-0.05, 0) is 30.0 Å². The molecule has 1 aliphatic carbocycles. The van der Waals surface area contributed by atoms with E-state index in [1.165, 1.54) is 11.1 Å². The smallest absolute Gasteiger partial charge is 0.145 e. The molecule has 0 bridgehead atoms. The molecule has 2 aromatic rings. The Balaban J connectivity index is 1.76. The zero-order chi connectivity index (χ0) is 12.5. The predicted molar refractivity (Wildman–Crippen MR) is 75.5 cm³/mol. The molecule has 0 fully saturated rings. The third-order valence-corrected chi connectivity index (χ3v) is 3.69. The number of benzene rings is 1. The minimum atomic E-state index is 0.355. The fourth-order valence-electron chi connectivity index (χ4n) is 2.38. The summed E-state index contributed by atoms with van der Waals surface area (Å²) in [4.78, 5) is 4.23. The minimum absolute atomic E-state index is 0.355. The molecule has 1 aromatic heterocycles. The van der Waals surface area contributed by atoms with Gasteiger partial charge in [0, 0.05) is 12.2 Å². The molecule has 1 aliphatic rings. The molecule has 0 spiro atoms. The van der Waals surface area contributed by atoms with Crippen molar-refractivity contribution in [3.8, 4) is 0 Å². The van der Waals surface area contributed by atoms with Gasteiger partial charge in [-0.2, -0.15) is 0 Å². The van der Waals surface area contributed by atoms with Crippen molar-refractivity contribution in [2.24, 2.45) is 0 Å². The Morgan fingerprint density at radius 2 is 1.78 bits per heavy atom. The average Bonchev–Trinajstić information content (AvgIpc) is 2.75. The zero-order valence-corrected chi connectivity index (χ0v) is 11.2. The van der Waals surface area contributed by atoms with Crippen molar-refractivity contribution in [1.29, 1.82) is 0 Å². The highest BCUT2D eigenvalue weighted by atomic mass is 35.5. The molecule has 18 heavy (non-hydrogen) atoms. The van der Waals surface area contributed by atoms with Crippen molar-refractivity contribution in [2.75, 3.05) is 5.32 Å². The first-order valence-corrected chi connectivity index (χ1v) is 6.62. The summed E-state index contributed by atoms with van der Waals surface area (Å²) in [6, 6.07) is 10.6. The molecular formula is C14H12Cl2N2. The quantitative estimate of drug-likeness (QED) is 0.899. The fourth-order valence-corrected chi connectivity index (χ4v) is 2.81. The van der Waals surface area contributed by atoms with Gasteiger partial charge in [0.1, 0.15) is 5.82 Å². The second-order valence-corrected chi connectivity index (χ2v) is 5.35. The molecule has 1 heterocycles. The lowest BCUT2D eigenvalue weighted by Gasteiger charge is -2.13. The molecule has 0 saturated carbocycles. The molecule has 1 aromatic carbocycles. The van der Waals surface area contributed by atoms with E-state index in [4.69, 9.17) is 23.2 Å². The third kappa shape index (κ3) is 2.31. The summed E-state index contributed by atoms with van der Waals surface area (Å²) in [6.45, 7) is 0. The van der Waals surface area contributed by atoms with Crippen LogP contribution >= 0.6 is 23.2 Å². The van der Waals surface area contributed by atoms with Crippen LogP contribution in [0.2, 0.25) is 10.0 Å². The van der Waals surface area contributed by atoms with Gasteiger partial charge in [0.05, 0.1) is 10.0 Å². The predicted octanol–water partition coefficient (Wildman–Crippen LogP) is 3.97. The first kappa shape index (κ1) is 11.8. The topological polar surface area (TPSA) is 24.9 Å². The number of nitrogens with zero attached hydrogens (tertiary/aromatic N) is 1. The highest BCUT2D eigenvalue weighted by Crippen LogP contribution is 2.27. The van der Waals surface area contributed by atoms with Crippen LogP contribution in [-0.2, 0) is 12.8 Å². The summed E-state index contributed by atoms with van der Waals surface area (Å²) in [5.74, 6) is 0.707. The van der Waals surface area contributed by atoms with Gasteiger partial charge in [-0.3, -0.25) is 0 Å². The van der Waals surface area contributed by atoms with Gasteiger partial charge in [0.25, 0.3) is 0 Å². The number of pyridine rings is 1. The van der Waals surface area contributed by atoms with Crippen molar-refractivity contribution in [3.63, 3.8) is 0 Å². The Morgan fingerprint density at radius 3 is 2.39 bits per heavy atom. The Labute approximate surface area is 116 Å². The second-order valence-electron chi connectivity index (χ2n) is 4.50. The van der Waals surface area contributed by atoms with Gasteiger partial charge < -0.3 is 5.32 Å². The third-order valence-electron chi connectivity index (χ3n) is 3.20. The minimum Gasteiger partial charge on any atom is -0.365 e. The van der Waals surface area contributed by atoms with Crippen LogP contribution in [0.4, 0.5) is 5.82 Å². The van der Waals surface area contributed by atoms with E-state index in [0.29, 0.717) is 21.9 Å². The molecule has 0 atom stereocenters. The van der Waals surface area contributed by atoms with Crippen molar-refractivity contribution >= 4 is 29.0 Å². The average molecular weight is 279 g/mol. The van der Waals surface area contributed by atoms with Gasteiger partial charge in [-0.25, -0.2) is 4.98 Å². The van der Waals surface area contributed by atoms with Crippen molar-refractivity contribution in [1.82, 2.24) is 4.98 Å². The van der Waals surface area contributed by atoms with E-state index >= 15 is 0 Å². The Hall–Kier alpha value is -1.25. The van der Waals surface area contributed by atoms with Crippen LogP contribution in [0.1, 0.15) is 11.1 Å². The first-order chi connectivity index (χ1) is 8.72. The largest absolute Gasteiger partial charge is 0.365 e. The summed E-state index contributed by atoms with van der Waals surface area (Å²) in [5.41, 5.74) is 2.81. The molecule has 0 radical (unpaired) electrons. The highest BCUT2D eigenvalue weighted by molar-refractivity contribution is 6.35. The van der Waals surface area contributed by atoms with E-state index in [1.807, 2.05) is 0 Å². The standard InChI is InChI=1S/C14H12Cl2N2/c15-11-7-13(16)14(17-8-11)18-12-5-9-3-1-2-4-10(9)6-12/h1-4,7-8,12H,5-6H2,(H,17,18). The molecular weight excluding hydrogens is 267 g/mol. The van der Waals surface area contributed by atoms with E-state index in [1.54, 1.807) is 12.3 Å².